The van der Waals surface area contributed by atoms with Gasteiger partial charge in [0.1, 0.15) is 0 Å². The molecule has 0 aromatic heterocycles. The van der Waals surface area contributed by atoms with E-state index >= 15 is 0 Å². The summed E-state index contributed by atoms with van der Waals surface area (Å²) in [4.78, 5) is 0.324. The number of benzene rings is 2. The van der Waals surface area contributed by atoms with Gasteiger partial charge in [0.25, 0.3) is 0 Å². The molecule has 0 radical (unpaired) electrons. The van der Waals surface area contributed by atoms with Crippen molar-refractivity contribution >= 4 is 27.5 Å². The molecule has 0 aliphatic carbocycles. The van der Waals surface area contributed by atoms with Gasteiger partial charge in [-0.2, -0.15) is 0 Å². The second kappa shape index (κ2) is 6.11. The minimum atomic E-state index is 0.324. The van der Waals surface area contributed by atoms with Crippen LogP contribution in [0.4, 0.5) is 0 Å². The molecule has 0 aliphatic rings. The highest BCUT2D eigenvalue weighted by molar-refractivity contribution is 9.09. The Balaban J connectivity index is 2.25. The van der Waals surface area contributed by atoms with Crippen LogP contribution in [0.2, 0.25) is 5.02 Å². The van der Waals surface area contributed by atoms with E-state index in [1.165, 1.54) is 27.8 Å². The monoisotopic (exact) mass is 336 g/mol. The molecule has 2 heteroatoms. The third-order valence-electron chi connectivity index (χ3n) is 3.47. The van der Waals surface area contributed by atoms with Crippen molar-refractivity contribution in [1.29, 1.82) is 0 Å². The molecule has 2 aromatic rings. The lowest BCUT2D eigenvalue weighted by molar-refractivity contribution is 0.927. The summed E-state index contributed by atoms with van der Waals surface area (Å²) in [6.45, 7) is 6.42. The van der Waals surface area contributed by atoms with E-state index in [9.17, 15) is 0 Å². The summed E-state index contributed by atoms with van der Waals surface area (Å²) in [6.07, 6.45) is 0.996. The summed E-state index contributed by atoms with van der Waals surface area (Å²) in [5.74, 6) is 0. The van der Waals surface area contributed by atoms with Crippen LogP contribution in [-0.2, 0) is 6.42 Å². The average Bonchev–Trinajstić information content (AvgIpc) is 2.33. The third kappa shape index (κ3) is 3.61. The highest BCUT2D eigenvalue weighted by atomic mass is 79.9. The topological polar surface area (TPSA) is 0 Å². The van der Waals surface area contributed by atoms with Gasteiger partial charge < -0.3 is 0 Å². The minimum absolute atomic E-state index is 0.324. The van der Waals surface area contributed by atoms with Gasteiger partial charge in [-0.3, -0.25) is 0 Å². The highest BCUT2D eigenvalue weighted by Gasteiger charge is 2.12. The van der Waals surface area contributed by atoms with Gasteiger partial charge in [-0.25, -0.2) is 0 Å². The van der Waals surface area contributed by atoms with Crippen LogP contribution in [-0.4, -0.2) is 0 Å². The number of hydrogen-bond acceptors (Lipinski definition) is 0. The fourth-order valence-corrected chi connectivity index (χ4v) is 3.40. The lowest BCUT2D eigenvalue weighted by atomic mass is 9.97. The highest BCUT2D eigenvalue weighted by Crippen LogP contribution is 2.31. The summed E-state index contributed by atoms with van der Waals surface area (Å²) in [5.41, 5.74) is 6.61. The Morgan fingerprint density at radius 3 is 2.42 bits per heavy atom. The Labute approximate surface area is 128 Å². The molecule has 19 heavy (non-hydrogen) atoms. The van der Waals surface area contributed by atoms with Crippen molar-refractivity contribution in [3.05, 3.63) is 69.2 Å². The Morgan fingerprint density at radius 2 is 1.74 bits per heavy atom. The SMILES string of the molecule is Cc1ccc(C)c(CC(Br)c2ccc(Cl)cc2C)c1. The van der Waals surface area contributed by atoms with Crippen LogP contribution in [0.1, 0.15) is 32.6 Å². The van der Waals surface area contributed by atoms with Crippen molar-refractivity contribution in [2.75, 3.05) is 0 Å². The quantitative estimate of drug-likeness (QED) is 0.608. The molecular weight excluding hydrogens is 320 g/mol. The van der Waals surface area contributed by atoms with E-state index in [0.29, 0.717) is 4.83 Å². The van der Waals surface area contributed by atoms with Gasteiger partial charge in [0.2, 0.25) is 0 Å². The fraction of sp³-hybridized carbons (Fsp3) is 0.294. The molecule has 1 atom stereocenters. The van der Waals surface area contributed by atoms with Gasteiger partial charge in [0, 0.05) is 9.85 Å². The summed E-state index contributed by atoms with van der Waals surface area (Å²) in [5, 5.41) is 0.799. The second-order valence-corrected chi connectivity index (χ2v) is 6.64. The summed E-state index contributed by atoms with van der Waals surface area (Å²) in [6, 6.07) is 12.7. The second-order valence-electron chi connectivity index (χ2n) is 5.10. The molecule has 0 saturated carbocycles. The standard InChI is InChI=1S/C17H18BrCl/c1-11-4-5-12(2)14(8-11)10-17(18)16-7-6-15(19)9-13(16)3/h4-9,17H,10H2,1-3H3. The molecule has 0 aliphatic heterocycles. The zero-order chi connectivity index (χ0) is 14.0. The Kier molecular flexibility index (Phi) is 4.70. The van der Waals surface area contributed by atoms with Crippen LogP contribution < -0.4 is 0 Å². The molecule has 0 amide bonds. The summed E-state index contributed by atoms with van der Waals surface area (Å²) >= 11 is 9.83. The molecule has 0 fully saturated rings. The van der Waals surface area contributed by atoms with Gasteiger partial charge >= 0.3 is 0 Å². The van der Waals surface area contributed by atoms with Crippen LogP contribution >= 0.6 is 27.5 Å². The number of halogens is 2. The molecular formula is C17H18BrCl. The molecule has 2 aromatic carbocycles. The van der Waals surface area contributed by atoms with Crippen LogP contribution in [0.5, 0.6) is 0 Å². The van der Waals surface area contributed by atoms with E-state index in [2.05, 4.69) is 61.0 Å². The molecule has 0 bridgehead atoms. The first-order chi connectivity index (χ1) is 8.97. The normalized spacial score (nSPS) is 12.5. The maximum Gasteiger partial charge on any atom is 0.0438 e. The van der Waals surface area contributed by atoms with Crippen LogP contribution in [0.15, 0.2) is 36.4 Å². The first kappa shape index (κ1) is 14.6. The Hall–Kier alpha value is -0.790. The molecule has 2 rings (SSSR count). The van der Waals surface area contributed by atoms with Gasteiger partial charge in [0.05, 0.1) is 0 Å². The van der Waals surface area contributed by atoms with Gasteiger partial charge in [-0.1, -0.05) is 57.4 Å². The predicted octanol–water partition coefficient (Wildman–Crippen LogP) is 5.94. The molecule has 100 valence electrons. The molecule has 0 heterocycles. The van der Waals surface area contributed by atoms with E-state index in [1.807, 2.05) is 12.1 Å². The molecule has 0 nitrogen and oxygen atoms in total. The largest absolute Gasteiger partial charge is 0.0843 e. The fourth-order valence-electron chi connectivity index (χ4n) is 2.31. The zero-order valence-corrected chi connectivity index (χ0v) is 13.8. The van der Waals surface area contributed by atoms with Gasteiger partial charge in [-0.05, 0) is 61.6 Å². The minimum Gasteiger partial charge on any atom is -0.0843 e. The van der Waals surface area contributed by atoms with Gasteiger partial charge in [0.15, 0.2) is 0 Å². The first-order valence-electron chi connectivity index (χ1n) is 6.43. The van der Waals surface area contributed by atoms with Crippen LogP contribution in [0.3, 0.4) is 0 Å². The number of hydrogen-bond donors (Lipinski definition) is 0. The maximum absolute atomic E-state index is 6.01. The lowest BCUT2D eigenvalue weighted by Crippen LogP contribution is -2.00. The lowest BCUT2D eigenvalue weighted by Gasteiger charge is -2.15. The van der Waals surface area contributed by atoms with E-state index in [4.69, 9.17) is 11.6 Å². The maximum atomic E-state index is 6.01. The van der Waals surface area contributed by atoms with E-state index < -0.39 is 0 Å². The van der Waals surface area contributed by atoms with Crippen molar-refractivity contribution in [3.63, 3.8) is 0 Å². The van der Waals surface area contributed by atoms with Crippen molar-refractivity contribution < 1.29 is 0 Å². The smallest absolute Gasteiger partial charge is 0.0438 e. The number of rotatable bonds is 3. The van der Waals surface area contributed by atoms with Gasteiger partial charge in [-0.15, -0.1) is 0 Å². The average molecular weight is 338 g/mol. The Bertz CT molecular complexity index is 590. The van der Waals surface area contributed by atoms with E-state index in [1.54, 1.807) is 0 Å². The van der Waals surface area contributed by atoms with Crippen LogP contribution in [0.25, 0.3) is 0 Å². The van der Waals surface area contributed by atoms with Crippen molar-refractivity contribution in [1.82, 2.24) is 0 Å². The van der Waals surface area contributed by atoms with Crippen molar-refractivity contribution in [2.45, 2.75) is 32.0 Å². The zero-order valence-electron chi connectivity index (χ0n) is 11.5. The number of aryl methyl sites for hydroxylation is 3. The molecule has 0 saturated heterocycles. The van der Waals surface area contributed by atoms with Crippen molar-refractivity contribution in [3.8, 4) is 0 Å². The molecule has 1 unspecified atom stereocenters. The first-order valence-corrected chi connectivity index (χ1v) is 7.73. The summed E-state index contributed by atoms with van der Waals surface area (Å²) < 4.78 is 0. The molecule has 0 spiro atoms. The van der Waals surface area contributed by atoms with E-state index in [-0.39, 0.29) is 0 Å². The van der Waals surface area contributed by atoms with E-state index in [0.717, 1.165) is 11.4 Å². The number of alkyl halides is 1. The third-order valence-corrected chi connectivity index (χ3v) is 4.53. The molecule has 0 N–H and O–H groups in total. The Morgan fingerprint density at radius 1 is 1.00 bits per heavy atom. The summed E-state index contributed by atoms with van der Waals surface area (Å²) in [7, 11) is 0. The van der Waals surface area contributed by atoms with Crippen LogP contribution in [0, 0.1) is 20.8 Å². The van der Waals surface area contributed by atoms with Crippen molar-refractivity contribution in [2.24, 2.45) is 0 Å². The predicted molar refractivity (Wildman–Crippen MR) is 87.5 cm³/mol.